The molecule has 0 radical (unpaired) electrons. The molecule has 0 atom stereocenters. The molecule has 1 fully saturated rings. The van der Waals surface area contributed by atoms with Crippen LogP contribution in [0.15, 0.2) is 78.9 Å². The average molecular weight is 462 g/mol. The Labute approximate surface area is 195 Å². The van der Waals surface area contributed by atoms with Crippen molar-refractivity contribution >= 4 is 16.8 Å². The number of benzene rings is 3. The maximum Gasteiger partial charge on any atom is 0.387 e. The van der Waals surface area contributed by atoms with Crippen molar-refractivity contribution in [3.63, 3.8) is 0 Å². The lowest BCUT2D eigenvalue weighted by molar-refractivity contribution is -0.0498. The SMILES string of the molecule is O=C(NC1CC1)c1ccc2c(c1)cc(COc1ccccc1)n2Cc1ccc(OC(F)F)cc1. The molecule has 1 saturated carbocycles. The minimum atomic E-state index is -2.85. The Bertz CT molecular complexity index is 1280. The molecule has 34 heavy (non-hydrogen) atoms. The Hall–Kier alpha value is -3.87. The van der Waals surface area contributed by atoms with E-state index in [-0.39, 0.29) is 11.7 Å². The number of nitrogens with one attached hydrogen (secondary N) is 1. The maximum absolute atomic E-state index is 12.5. The number of alkyl halides is 2. The number of fused-ring (bicyclic) bond motifs is 1. The Morgan fingerprint density at radius 3 is 2.44 bits per heavy atom. The van der Waals surface area contributed by atoms with Crippen molar-refractivity contribution in [3.8, 4) is 11.5 Å². The van der Waals surface area contributed by atoms with Crippen LogP contribution in [0.1, 0.15) is 34.5 Å². The fraction of sp³-hybridized carbons (Fsp3) is 0.222. The lowest BCUT2D eigenvalue weighted by atomic mass is 10.1. The molecule has 1 aliphatic rings. The summed E-state index contributed by atoms with van der Waals surface area (Å²) in [5, 5.41) is 3.96. The van der Waals surface area contributed by atoms with Gasteiger partial charge < -0.3 is 19.4 Å². The number of para-hydroxylation sites is 1. The average Bonchev–Trinajstić information content (AvgIpc) is 3.59. The van der Waals surface area contributed by atoms with Gasteiger partial charge in [0.15, 0.2) is 0 Å². The fourth-order valence-electron chi connectivity index (χ4n) is 3.90. The van der Waals surface area contributed by atoms with Crippen LogP contribution >= 0.6 is 0 Å². The molecule has 5 nitrogen and oxygen atoms in total. The van der Waals surface area contributed by atoms with E-state index in [9.17, 15) is 13.6 Å². The number of ether oxygens (including phenoxy) is 2. The molecule has 3 aromatic carbocycles. The molecule has 1 heterocycles. The minimum absolute atomic E-state index is 0.0612. The third-order valence-corrected chi connectivity index (χ3v) is 5.78. The molecule has 5 rings (SSSR count). The predicted octanol–water partition coefficient (Wildman–Crippen LogP) is 5.76. The van der Waals surface area contributed by atoms with E-state index in [2.05, 4.69) is 14.6 Å². The summed E-state index contributed by atoms with van der Waals surface area (Å²) in [6.07, 6.45) is 2.07. The Balaban J connectivity index is 1.44. The van der Waals surface area contributed by atoms with Crippen LogP contribution in [0, 0.1) is 0 Å². The summed E-state index contributed by atoms with van der Waals surface area (Å²) < 4.78 is 37.5. The van der Waals surface area contributed by atoms with Crippen molar-refractivity contribution < 1.29 is 23.0 Å². The van der Waals surface area contributed by atoms with E-state index >= 15 is 0 Å². The maximum atomic E-state index is 12.5. The second-order valence-corrected chi connectivity index (χ2v) is 8.37. The van der Waals surface area contributed by atoms with Crippen LogP contribution in [0.25, 0.3) is 10.9 Å². The standard InChI is InChI=1S/C27H24F2N2O3/c28-27(29)34-24-11-6-18(7-12-24)16-31-22(17-33-23-4-2-1-3-5-23)15-20-14-19(8-13-25(20)31)26(32)30-21-9-10-21/h1-8,11-15,21,27H,9-10,16-17H2,(H,30,32). The lowest BCUT2D eigenvalue weighted by Gasteiger charge is -2.13. The molecule has 1 amide bonds. The van der Waals surface area contributed by atoms with E-state index in [4.69, 9.17) is 4.74 Å². The normalized spacial score (nSPS) is 13.3. The van der Waals surface area contributed by atoms with Crippen molar-refractivity contribution in [1.82, 2.24) is 9.88 Å². The topological polar surface area (TPSA) is 52.5 Å². The van der Waals surface area contributed by atoms with Crippen molar-refractivity contribution in [2.45, 2.75) is 38.6 Å². The van der Waals surface area contributed by atoms with Gasteiger partial charge in [-0.05, 0) is 66.9 Å². The number of nitrogens with zero attached hydrogens (tertiary/aromatic N) is 1. The third kappa shape index (κ3) is 5.20. The number of hydrogen-bond donors (Lipinski definition) is 1. The second-order valence-electron chi connectivity index (χ2n) is 8.37. The van der Waals surface area contributed by atoms with Crippen molar-refractivity contribution in [2.75, 3.05) is 0 Å². The first-order valence-electron chi connectivity index (χ1n) is 11.2. The fourth-order valence-corrected chi connectivity index (χ4v) is 3.90. The summed E-state index contributed by atoms with van der Waals surface area (Å²) in [6, 6.07) is 24.2. The Morgan fingerprint density at radius 2 is 1.74 bits per heavy atom. The van der Waals surface area contributed by atoms with Crippen LogP contribution in [0.4, 0.5) is 8.78 Å². The minimum Gasteiger partial charge on any atom is -0.487 e. The van der Waals surface area contributed by atoms with Gasteiger partial charge in [-0.2, -0.15) is 8.78 Å². The van der Waals surface area contributed by atoms with Gasteiger partial charge in [-0.15, -0.1) is 0 Å². The van der Waals surface area contributed by atoms with Crippen LogP contribution in [-0.4, -0.2) is 23.1 Å². The number of carbonyl (C=O) groups excluding carboxylic acids is 1. The van der Waals surface area contributed by atoms with Gasteiger partial charge in [0.2, 0.25) is 0 Å². The molecule has 0 saturated heterocycles. The molecule has 4 aromatic rings. The lowest BCUT2D eigenvalue weighted by Crippen LogP contribution is -2.25. The van der Waals surface area contributed by atoms with Gasteiger partial charge in [-0.3, -0.25) is 4.79 Å². The molecular weight excluding hydrogens is 438 g/mol. The predicted molar refractivity (Wildman–Crippen MR) is 125 cm³/mol. The highest BCUT2D eigenvalue weighted by Crippen LogP contribution is 2.26. The quantitative estimate of drug-likeness (QED) is 0.344. The number of halogens is 2. The summed E-state index contributed by atoms with van der Waals surface area (Å²) in [5.41, 5.74) is 3.45. The van der Waals surface area contributed by atoms with Gasteiger partial charge in [0.25, 0.3) is 5.91 Å². The molecule has 0 aliphatic heterocycles. The smallest absolute Gasteiger partial charge is 0.387 e. The van der Waals surface area contributed by atoms with Gasteiger partial charge in [0, 0.05) is 29.1 Å². The monoisotopic (exact) mass is 462 g/mol. The number of aromatic nitrogens is 1. The largest absolute Gasteiger partial charge is 0.487 e. The van der Waals surface area contributed by atoms with Crippen molar-refractivity contribution in [1.29, 1.82) is 0 Å². The molecule has 7 heteroatoms. The van der Waals surface area contributed by atoms with Crippen LogP contribution in [0.3, 0.4) is 0 Å². The molecule has 0 bridgehead atoms. The highest BCUT2D eigenvalue weighted by atomic mass is 19.3. The van der Waals surface area contributed by atoms with E-state index < -0.39 is 6.61 Å². The number of rotatable bonds is 9. The first-order valence-corrected chi connectivity index (χ1v) is 11.2. The zero-order valence-corrected chi connectivity index (χ0v) is 18.4. The van der Waals surface area contributed by atoms with Crippen LogP contribution in [0.5, 0.6) is 11.5 Å². The Morgan fingerprint density at radius 1 is 0.971 bits per heavy atom. The van der Waals surface area contributed by atoms with Crippen LogP contribution < -0.4 is 14.8 Å². The molecule has 1 aliphatic carbocycles. The van der Waals surface area contributed by atoms with Gasteiger partial charge in [-0.1, -0.05) is 30.3 Å². The van der Waals surface area contributed by atoms with Crippen LogP contribution in [-0.2, 0) is 13.2 Å². The second kappa shape index (κ2) is 9.55. The summed E-state index contributed by atoms with van der Waals surface area (Å²) in [7, 11) is 0. The summed E-state index contributed by atoms with van der Waals surface area (Å²) in [6.45, 7) is -2.00. The van der Waals surface area contributed by atoms with Gasteiger partial charge in [0.1, 0.15) is 18.1 Å². The molecule has 1 aromatic heterocycles. The zero-order chi connectivity index (χ0) is 23.5. The highest BCUT2D eigenvalue weighted by molar-refractivity contribution is 5.98. The van der Waals surface area contributed by atoms with Crippen LogP contribution in [0.2, 0.25) is 0 Å². The van der Waals surface area contributed by atoms with Gasteiger partial charge in [-0.25, -0.2) is 0 Å². The summed E-state index contributed by atoms with van der Waals surface area (Å²) in [4.78, 5) is 12.5. The van der Waals surface area contributed by atoms with Gasteiger partial charge in [0.05, 0.1) is 5.69 Å². The zero-order valence-electron chi connectivity index (χ0n) is 18.4. The summed E-state index contributed by atoms with van der Waals surface area (Å²) in [5.74, 6) is 0.821. The molecule has 0 unspecified atom stereocenters. The van der Waals surface area contributed by atoms with Crippen molar-refractivity contribution in [2.24, 2.45) is 0 Å². The molecule has 1 N–H and O–H groups in total. The number of hydrogen-bond acceptors (Lipinski definition) is 3. The van der Waals surface area contributed by atoms with Gasteiger partial charge >= 0.3 is 6.61 Å². The summed E-state index contributed by atoms with van der Waals surface area (Å²) >= 11 is 0. The van der Waals surface area contributed by atoms with E-state index in [1.54, 1.807) is 12.1 Å². The molecule has 174 valence electrons. The van der Waals surface area contributed by atoms with E-state index in [0.717, 1.165) is 40.8 Å². The van der Waals surface area contributed by atoms with E-state index in [1.807, 2.05) is 54.6 Å². The number of amides is 1. The van der Waals surface area contributed by atoms with E-state index in [1.165, 1.54) is 12.1 Å². The molecular formula is C27H24F2N2O3. The number of carbonyl (C=O) groups is 1. The first-order chi connectivity index (χ1) is 16.5. The molecule has 0 spiro atoms. The first kappa shape index (κ1) is 21.9. The Kier molecular flexibility index (Phi) is 6.16. The van der Waals surface area contributed by atoms with Crippen molar-refractivity contribution in [3.05, 3.63) is 95.7 Å². The highest BCUT2D eigenvalue weighted by Gasteiger charge is 2.24. The van der Waals surface area contributed by atoms with E-state index in [0.29, 0.717) is 24.8 Å². The third-order valence-electron chi connectivity index (χ3n) is 5.78.